The molecular formula is C26H38N2O3. The zero-order chi connectivity index (χ0) is 22.3. The van der Waals surface area contributed by atoms with Gasteiger partial charge in [-0.2, -0.15) is 0 Å². The first-order chi connectivity index (χ1) is 15.1. The third kappa shape index (κ3) is 9.50. The maximum atomic E-state index is 11.9. The van der Waals surface area contributed by atoms with Crippen LogP contribution in [0.15, 0.2) is 36.7 Å². The van der Waals surface area contributed by atoms with E-state index in [1.165, 1.54) is 51.4 Å². The van der Waals surface area contributed by atoms with Crippen molar-refractivity contribution in [3.8, 4) is 22.9 Å². The zero-order valence-electron chi connectivity index (χ0n) is 19.4. The van der Waals surface area contributed by atoms with E-state index in [2.05, 4.69) is 16.9 Å². The second-order valence-corrected chi connectivity index (χ2v) is 8.17. The second kappa shape index (κ2) is 14.6. The highest BCUT2D eigenvalue weighted by Crippen LogP contribution is 2.21. The summed E-state index contributed by atoms with van der Waals surface area (Å²) in [5.74, 6) is 1.54. The molecule has 2 rings (SSSR count). The number of carbonyl (C=O) groups is 1. The van der Waals surface area contributed by atoms with Crippen molar-refractivity contribution >= 4 is 5.97 Å². The number of esters is 1. The molecule has 1 unspecified atom stereocenters. The lowest BCUT2D eigenvalue weighted by molar-refractivity contribution is -0.138. The summed E-state index contributed by atoms with van der Waals surface area (Å²) in [5.41, 5.74) is 0.869. The van der Waals surface area contributed by atoms with Gasteiger partial charge in [0.25, 0.3) is 0 Å². The Morgan fingerprint density at radius 1 is 0.839 bits per heavy atom. The van der Waals surface area contributed by atoms with Gasteiger partial charge in [-0.15, -0.1) is 0 Å². The van der Waals surface area contributed by atoms with Crippen molar-refractivity contribution in [1.82, 2.24) is 9.97 Å². The molecule has 0 amide bonds. The average Bonchev–Trinajstić information content (AvgIpc) is 2.80. The van der Waals surface area contributed by atoms with Crippen LogP contribution in [0.5, 0.6) is 11.5 Å². The van der Waals surface area contributed by atoms with E-state index in [-0.39, 0.29) is 11.9 Å². The van der Waals surface area contributed by atoms with Gasteiger partial charge in [-0.1, -0.05) is 72.1 Å². The Labute approximate surface area is 187 Å². The van der Waals surface area contributed by atoms with Crippen LogP contribution in [0.3, 0.4) is 0 Å². The molecule has 0 aliphatic heterocycles. The summed E-state index contributed by atoms with van der Waals surface area (Å²) in [4.78, 5) is 20.7. The quantitative estimate of drug-likeness (QED) is 0.174. The molecule has 0 aliphatic carbocycles. The van der Waals surface area contributed by atoms with Gasteiger partial charge in [-0.25, -0.2) is 9.97 Å². The highest BCUT2D eigenvalue weighted by molar-refractivity contribution is 5.74. The van der Waals surface area contributed by atoms with E-state index in [1.54, 1.807) is 24.5 Å². The number of benzene rings is 1. The third-order valence-corrected chi connectivity index (χ3v) is 5.49. The lowest BCUT2D eigenvalue weighted by Gasteiger charge is -2.09. The molecule has 0 aliphatic rings. The molecule has 1 heterocycles. The Kier molecular flexibility index (Phi) is 11.7. The van der Waals surface area contributed by atoms with Gasteiger partial charge in [-0.05, 0) is 37.1 Å². The minimum absolute atomic E-state index is 0.105. The molecule has 1 atom stereocenters. The molecule has 5 heteroatoms. The van der Waals surface area contributed by atoms with Crippen LogP contribution in [-0.4, -0.2) is 22.5 Å². The van der Waals surface area contributed by atoms with E-state index >= 15 is 0 Å². The van der Waals surface area contributed by atoms with Gasteiger partial charge in [0.15, 0.2) is 11.6 Å². The van der Waals surface area contributed by atoms with Gasteiger partial charge in [-0.3, -0.25) is 4.79 Å². The molecule has 0 saturated carbocycles. The van der Waals surface area contributed by atoms with Gasteiger partial charge in [0, 0.05) is 5.56 Å². The maximum Gasteiger partial charge on any atom is 0.314 e. The normalized spacial score (nSPS) is 11.8. The Hall–Kier alpha value is -2.43. The van der Waals surface area contributed by atoms with E-state index in [4.69, 9.17) is 9.47 Å². The lowest BCUT2D eigenvalue weighted by Crippen LogP contribution is -2.16. The number of unbranched alkanes of at least 4 members (excludes halogenated alkanes) is 8. The van der Waals surface area contributed by atoms with Crippen molar-refractivity contribution in [2.45, 2.75) is 85.0 Å². The summed E-state index contributed by atoms with van der Waals surface area (Å²) < 4.78 is 11.1. The van der Waals surface area contributed by atoms with Crippen LogP contribution in [0.1, 0.15) is 85.0 Å². The minimum atomic E-state index is -0.208. The fourth-order valence-corrected chi connectivity index (χ4v) is 3.20. The van der Waals surface area contributed by atoms with Crippen molar-refractivity contribution < 1.29 is 14.3 Å². The van der Waals surface area contributed by atoms with Crippen LogP contribution in [0.25, 0.3) is 11.4 Å². The first kappa shape index (κ1) is 24.8. The van der Waals surface area contributed by atoms with Crippen LogP contribution in [0.4, 0.5) is 0 Å². The minimum Gasteiger partial charge on any atom is -0.490 e. The number of hydrogen-bond acceptors (Lipinski definition) is 5. The van der Waals surface area contributed by atoms with E-state index in [0.29, 0.717) is 23.9 Å². The largest absolute Gasteiger partial charge is 0.490 e. The Balaban J connectivity index is 1.68. The van der Waals surface area contributed by atoms with Crippen LogP contribution in [0.2, 0.25) is 0 Å². The molecule has 1 aromatic heterocycles. The molecule has 0 saturated heterocycles. The molecule has 0 fully saturated rings. The Bertz CT molecular complexity index is 744. The summed E-state index contributed by atoms with van der Waals surface area (Å²) >= 11 is 0. The molecule has 170 valence electrons. The second-order valence-electron chi connectivity index (χ2n) is 8.17. The lowest BCUT2D eigenvalue weighted by atomic mass is 10.1. The van der Waals surface area contributed by atoms with Gasteiger partial charge in [0.05, 0.1) is 24.9 Å². The van der Waals surface area contributed by atoms with Crippen LogP contribution < -0.4 is 9.47 Å². The summed E-state index contributed by atoms with van der Waals surface area (Å²) in [6.07, 6.45) is 15.9. The summed E-state index contributed by atoms with van der Waals surface area (Å²) in [6, 6.07) is 7.26. The van der Waals surface area contributed by atoms with Crippen molar-refractivity contribution in [1.29, 1.82) is 0 Å². The van der Waals surface area contributed by atoms with Crippen molar-refractivity contribution in [3.05, 3.63) is 36.7 Å². The Morgan fingerprint density at radius 2 is 1.42 bits per heavy atom. The van der Waals surface area contributed by atoms with Crippen LogP contribution in [0, 0.1) is 5.92 Å². The van der Waals surface area contributed by atoms with Crippen molar-refractivity contribution in [2.75, 3.05) is 6.61 Å². The predicted octanol–water partition coefficient (Wildman–Crippen LogP) is 7.00. The maximum absolute atomic E-state index is 11.9. The van der Waals surface area contributed by atoms with Gasteiger partial charge >= 0.3 is 5.97 Å². The predicted molar refractivity (Wildman–Crippen MR) is 125 cm³/mol. The topological polar surface area (TPSA) is 61.3 Å². The molecule has 0 bridgehead atoms. The number of hydrogen-bond donors (Lipinski definition) is 0. The SMILES string of the molecule is CCCCCCCCCCCOc1cnc(-c2ccc(OC(=O)C(C)CC)cc2)nc1. The van der Waals surface area contributed by atoms with Crippen molar-refractivity contribution in [2.24, 2.45) is 5.92 Å². The van der Waals surface area contributed by atoms with Crippen LogP contribution >= 0.6 is 0 Å². The van der Waals surface area contributed by atoms with Gasteiger partial charge in [0.2, 0.25) is 0 Å². The standard InChI is InChI=1S/C26H38N2O3/c1-4-6-7-8-9-10-11-12-13-18-30-24-19-27-25(28-20-24)22-14-16-23(17-15-22)31-26(29)21(3)5-2/h14-17,19-21H,4-13,18H2,1-3H3. The zero-order valence-corrected chi connectivity index (χ0v) is 19.4. The van der Waals surface area contributed by atoms with E-state index in [9.17, 15) is 4.79 Å². The summed E-state index contributed by atoms with van der Waals surface area (Å²) in [7, 11) is 0. The number of carbonyl (C=O) groups excluding carboxylic acids is 1. The molecule has 0 N–H and O–H groups in total. The van der Waals surface area contributed by atoms with E-state index in [1.807, 2.05) is 26.0 Å². The molecule has 1 aromatic carbocycles. The Morgan fingerprint density at radius 3 is 2.00 bits per heavy atom. The number of aromatic nitrogens is 2. The smallest absolute Gasteiger partial charge is 0.314 e. The van der Waals surface area contributed by atoms with Crippen molar-refractivity contribution in [3.63, 3.8) is 0 Å². The van der Waals surface area contributed by atoms with E-state index in [0.717, 1.165) is 18.4 Å². The fraction of sp³-hybridized carbons (Fsp3) is 0.577. The number of nitrogens with zero attached hydrogens (tertiary/aromatic N) is 2. The van der Waals surface area contributed by atoms with Gasteiger partial charge < -0.3 is 9.47 Å². The first-order valence-corrected chi connectivity index (χ1v) is 11.9. The third-order valence-electron chi connectivity index (χ3n) is 5.49. The molecule has 2 aromatic rings. The fourth-order valence-electron chi connectivity index (χ4n) is 3.20. The monoisotopic (exact) mass is 426 g/mol. The molecule has 31 heavy (non-hydrogen) atoms. The number of ether oxygens (including phenoxy) is 2. The molecule has 0 radical (unpaired) electrons. The summed E-state index contributed by atoms with van der Waals surface area (Å²) in [6.45, 7) is 6.79. The highest BCUT2D eigenvalue weighted by atomic mass is 16.5. The molecule has 5 nitrogen and oxygen atoms in total. The van der Waals surface area contributed by atoms with Gasteiger partial charge in [0.1, 0.15) is 5.75 Å². The van der Waals surface area contributed by atoms with E-state index < -0.39 is 0 Å². The average molecular weight is 427 g/mol. The highest BCUT2D eigenvalue weighted by Gasteiger charge is 2.13. The number of rotatable bonds is 15. The molecule has 0 spiro atoms. The molecular weight excluding hydrogens is 388 g/mol. The first-order valence-electron chi connectivity index (χ1n) is 11.9. The van der Waals surface area contributed by atoms with Crippen LogP contribution in [-0.2, 0) is 4.79 Å². The summed E-state index contributed by atoms with van der Waals surface area (Å²) in [5, 5.41) is 0.